The molecule has 0 aliphatic carbocycles. The van der Waals surface area contributed by atoms with Crippen molar-refractivity contribution in [1.82, 2.24) is 0 Å². The molecule has 104 valence electrons. The van der Waals surface area contributed by atoms with Gasteiger partial charge < -0.3 is 4.74 Å². The first kappa shape index (κ1) is 15.5. The van der Waals surface area contributed by atoms with E-state index in [0.717, 1.165) is 14.5 Å². The number of carbonyl (C=O) groups is 1. The molecule has 0 aromatic heterocycles. The summed E-state index contributed by atoms with van der Waals surface area (Å²) in [5, 5.41) is 0.507. The van der Waals surface area contributed by atoms with Crippen molar-refractivity contribution < 1.29 is 9.53 Å². The Balaban J connectivity index is 2.55. The van der Waals surface area contributed by atoms with Gasteiger partial charge in [-0.05, 0) is 42.8 Å². The molecule has 0 unspecified atom stereocenters. The monoisotopic (exact) mass is 416 g/mol. The number of carbonyl (C=O) groups excluding carboxylic acids is 1. The highest BCUT2D eigenvalue weighted by atomic mass is 79.9. The molecule has 0 atom stereocenters. The van der Waals surface area contributed by atoms with Crippen LogP contribution in [0.4, 0.5) is 0 Å². The van der Waals surface area contributed by atoms with Gasteiger partial charge in [0.1, 0.15) is 5.75 Å². The van der Waals surface area contributed by atoms with Crippen molar-refractivity contribution >= 4 is 49.2 Å². The van der Waals surface area contributed by atoms with Gasteiger partial charge in [0.05, 0.1) is 12.7 Å². The molecule has 0 radical (unpaired) electrons. The van der Waals surface area contributed by atoms with Crippen molar-refractivity contribution in [3.05, 3.63) is 61.0 Å². The molecule has 0 heterocycles. The van der Waals surface area contributed by atoms with Gasteiger partial charge in [0.25, 0.3) is 0 Å². The van der Waals surface area contributed by atoms with E-state index in [1.807, 2.05) is 13.0 Å². The fourth-order valence-corrected chi connectivity index (χ4v) is 3.05. The summed E-state index contributed by atoms with van der Waals surface area (Å²) < 4.78 is 6.92. The predicted octanol–water partition coefficient (Wildman–Crippen LogP) is 5.41. The lowest BCUT2D eigenvalue weighted by Gasteiger charge is -2.11. The van der Waals surface area contributed by atoms with Gasteiger partial charge in [-0.15, -0.1) is 0 Å². The number of benzene rings is 2. The van der Waals surface area contributed by atoms with Crippen LogP contribution in [0.3, 0.4) is 0 Å². The lowest BCUT2D eigenvalue weighted by molar-refractivity contribution is 0.103. The van der Waals surface area contributed by atoms with Crippen molar-refractivity contribution in [2.24, 2.45) is 0 Å². The summed E-state index contributed by atoms with van der Waals surface area (Å²) in [6.07, 6.45) is 0. The molecule has 2 aromatic carbocycles. The number of aryl methyl sites for hydroxylation is 1. The number of rotatable bonds is 3. The molecule has 5 heteroatoms. The van der Waals surface area contributed by atoms with Crippen LogP contribution in [-0.4, -0.2) is 12.9 Å². The third kappa shape index (κ3) is 3.25. The van der Waals surface area contributed by atoms with E-state index in [4.69, 9.17) is 16.3 Å². The maximum absolute atomic E-state index is 12.6. The van der Waals surface area contributed by atoms with Gasteiger partial charge >= 0.3 is 0 Å². The zero-order chi connectivity index (χ0) is 14.9. The maximum atomic E-state index is 12.6. The third-order valence-corrected chi connectivity index (χ3v) is 4.38. The molecule has 20 heavy (non-hydrogen) atoms. The molecule has 0 saturated carbocycles. The van der Waals surface area contributed by atoms with E-state index < -0.39 is 0 Å². The second-order valence-corrected chi connectivity index (χ2v) is 6.50. The summed E-state index contributed by atoms with van der Waals surface area (Å²) in [5.41, 5.74) is 2.02. The van der Waals surface area contributed by atoms with Crippen molar-refractivity contribution in [2.75, 3.05) is 7.11 Å². The minimum atomic E-state index is -0.134. The average Bonchev–Trinajstić information content (AvgIpc) is 2.39. The Morgan fingerprint density at radius 3 is 2.45 bits per heavy atom. The Morgan fingerprint density at radius 1 is 1.15 bits per heavy atom. The first-order valence-electron chi connectivity index (χ1n) is 5.77. The number of halogens is 3. The molecule has 2 aromatic rings. The quantitative estimate of drug-likeness (QED) is 0.623. The summed E-state index contributed by atoms with van der Waals surface area (Å²) in [4.78, 5) is 12.6. The van der Waals surface area contributed by atoms with E-state index >= 15 is 0 Å². The first-order valence-corrected chi connectivity index (χ1v) is 7.73. The third-order valence-electron chi connectivity index (χ3n) is 2.85. The molecule has 2 rings (SSSR count). The van der Waals surface area contributed by atoms with E-state index in [-0.39, 0.29) is 5.78 Å². The second-order valence-electron chi connectivity index (χ2n) is 4.29. The van der Waals surface area contributed by atoms with Crippen molar-refractivity contribution in [3.63, 3.8) is 0 Å². The van der Waals surface area contributed by atoms with E-state index in [2.05, 4.69) is 31.9 Å². The van der Waals surface area contributed by atoms with E-state index in [1.54, 1.807) is 31.4 Å². The van der Waals surface area contributed by atoms with E-state index in [1.165, 1.54) is 0 Å². The van der Waals surface area contributed by atoms with Crippen LogP contribution < -0.4 is 4.74 Å². The molecule has 0 spiro atoms. The van der Waals surface area contributed by atoms with E-state index in [9.17, 15) is 4.79 Å². The number of ether oxygens (including phenoxy) is 1. The van der Waals surface area contributed by atoms with Crippen LogP contribution in [-0.2, 0) is 0 Å². The van der Waals surface area contributed by atoms with Gasteiger partial charge in [-0.1, -0.05) is 43.5 Å². The molecule has 2 nitrogen and oxygen atoms in total. The van der Waals surface area contributed by atoms with Gasteiger partial charge in [-0.3, -0.25) is 4.79 Å². The summed E-state index contributed by atoms with van der Waals surface area (Å²) in [6, 6.07) is 8.71. The van der Waals surface area contributed by atoms with Crippen LogP contribution in [0.15, 0.2) is 39.3 Å². The largest absolute Gasteiger partial charge is 0.496 e. The molecular weight excluding hydrogens is 407 g/mol. The van der Waals surface area contributed by atoms with Crippen LogP contribution in [0.1, 0.15) is 21.5 Å². The molecule has 0 fully saturated rings. The fraction of sp³-hybridized carbons (Fsp3) is 0.133. The number of hydrogen-bond donors (Lipinski definition) is 0. The zero-order valence-corrected chi connectivity index (χ0v) is 14.8. The van der Waals surface area contributed by atoms with Crippen molar-refractivity contribution in [2.45, 2.75) is 6.92 Å². The van der Waals surface area contributed by atoms with Gasteiger partial charge in [-0.2, -0.15) is 0 Å². The van der Waals surface area contributed by atoms with Gasteiger partial charge in [0.2, 0.25) is 0 Å². The van der Waals surface area contributed by atoms with E-state index in [0.29, 0.717) is 21.9 Å². The first-order chi connectivity index (χ1) is 9.42. The van der Waals surface area contributed by atoms with Crippen LogP contribution >= 0.6 is 43.5 Å². The van der Waals surface area contributed by atoms with Crippen molar-refractivity contribution in [1.29, 1.82) is 0 Å². The highest BCUT2D eigenvalue weighted by molar-refractivity contribution is 9.10. The minimum Gasteiger partial charge on any atom is -0.496 e. The van der Waals surface area contributed by atoms with Gasteiger partial charge in [0.15, 0.2) is 5.78 Å². The standard InChI is InChI=1S/C15H11Br2ClO2/c1-8-3-14(20-2)12(7-13(8)17)15(19)9-4-10(16)6-11(18)5-9/h3-7H,1-2H3. The molecule has 0 aliphatic rings. The second kappa shape index (κ2) is 6.29. The Bertz CT molecular complexity index is 664. The highest BCUT2D eigenvalue weighted by Gasteiger charge is 2.17. The minimum absolute atomic E-state index is 0.134. The lowest BCUT2D eigenvalue weighted by Crippen LogP contribution is -2.05. The predicted molar refractivity (Wildman–Crippen MR) is 88.0 cm³/mol. The van der Waals surface area contributed by atoms with Gasteiger partial charge in [-0.25, -0.2) is 0 Å². The average molecular weight is 419 g/mol. The molecule has 0 bridgehead atoms. The Labute approximate surface area is 139 Å². The van der Waals surface area contributed by atoms with Gasteiger partial charge in [0, 0.05) is 19.5 Å². The summed E-state index contributed by atoms with van der Waals surface area (Å²) >= 11 is 12.8. The fourth-order valence-electron chi connectivity index (χ4n) is 1.84. The van der Waals surface area contributed by atoms with Crippen molar-refractivity contribution in [3.8, 4) is 5.75 Å². The number of hydrogen-bond acceptors (Lipinski definition) is 2. The summed E-state index contributed by atoms with van der Waals surface area (Å²) in [6.45, 7) is 1.94. The van der Waals surface area contributed by atoms with Crippen LogP contribution in [0.2, 0.25) is 5.02 Å². The molecule has 0 N–H and O–H groups in total. The molecule has 0 saturated heterocycles. The zero-order valence-electron chi connectivity index (χ0n) is 10.8. The van der Waals surface area contributed by atoms with Crippen LogP contribution in [0, 0.1) is 6.92 Å². The lowest BCUT2D eigenvalue weighted by atomic mass is 10.0. The maximum Gasteiger partial charge on any atom is 0.196 e. The molecule has 0 aliphatic heterocycles. The highest BCUT2D eigenvalue weighted by Crippen LogP contribution is 2.30. The SMILES string of the molecule is COc1cc(C)c(Br)cc1C(=O)c1cc(Cl)cc(Br)c1. The molecular formula is C15H11Br2ClO2. The topological polar surface area (TPSA) is 26.3 Å². The summed E-state index contributed by atoms with van der Waals surface area (Å²) in [5.74, 6) is 0.414. The Morgan fingerprint density at radius 2 is 1.85 bits per heavy atom. The number of ketones is 1. The smallest absolute Gasteiger partial charge is 0.196 e. The van der Waals surface area contributed by atoms with Crippen LogP contribution in [0.5, 0.6) is 5.75 Å². The summed E-state index contributed by atoms with van der Waals surface area (Å²) in [7, 11) is 1.55. The van der Waals surface area contributed by atoms with Crippen LogP contribution in [0.25, 0.3) is 0 Å². The Kier molecular flexibility index (Phi) is 4.89. The Hall–Kier alpha value is -0.840. The normalized spacial score (nSPS) is 10.4. The molecule has 0 amide bonds. The number of methoxy groups -OCH3 is 1.